The Labute approximate surface area is 159 Å². The van der Waals surface area contributed by atoms with E-state index < -0.39 is 17.9 Å². The van der Waals surface area contributed by atoms with E-state index in [1.54, 1.807) is 18.2 Å². The van der Waals surface area contributed by atoms with Crippen LogP contribution in [0.5, 0.6) is 11.5 Å². The van der Waals surface area contributed by atoms with E-state index in [4.69, 9.17) is 9.47 Å². The number of nitrogens with zero attached hydrogens (tertiary/aromatic N) is 2. The van der Waals surface area contributed by atoms with Crippen molar-refractivity contribution in [1.82, 2.24) is 15.1 Å². The molecular formula is C18H21F3N4O3. The fraction of sp³-hybridized carbons (Fsp3) is 0.444. The van der Waals surface area contributed by atoms with Crippen molar-refractivity contribution in [2.24, 2.45) is 0 Å². The number of rotatable bonds is 7. The first kappa shape index (κ1) is 19.8. The van der Waals surface area contributed by atoms with Crippen molar-refractivity contribution in [3.8, 4) is 11.5 Å². The van der Waals surface area contributed by atoms with Crippen LogP contribution in [-0.4, -0.2) is 36.6 Å². The van der Waals surface area contributed by atoms with Crippen molar-refractivity contribution >= 4 is 11.7 Å². The minimum Gasteiger partial charge on any atom is -0.493 e. The zero-order valence-corrected chi connectivity index (χ0v) is 15.5. The topological polar surface area (TPSA) is 77.4 Å². The normalized spacial score (nSPS) is 13.9. The van der Waals surface area contributed by atoms with Crippen LogP contribution in [0.1, 0.15) is 30.1 Å². The number of carbonyl (C=O) groups is 1. The first-order valence-corrected chi connectivity index (χ1v) is 8.74. The molecule has 1 aliphatic carbocycles. The van der Waals surface area contributed by atoms with Gasteiger partial charge in [-0.25, -0.2) is 4.79 Å². The predicted octanol–water partition coefficient (Wildman–Crippen LogP) is 3.62. The number of anilines is 1. The molecule has 1 heterocycles. The minimum absolute atomic E-state index is 0.110. The second kappa shape index (κ2) is 7.99. The number of nitrogens with one attached hydrogen (secondary N) is 2. The molecule has 2 aromatic rings. The van der Waals surface area contributed by atoms with E-state index in [-0.39, 0.29) is 19.0 Å². The molecular weight excluding hydrogens is 377 g/mol. The van der Waals surface area contributed by atoms with Gasteiger partial charge in [-0.15, -0.1) is 0 Å². The summed E-state index contributed by atoms with van der Waals surface area (Å²) in [6.45, 7) is 0.265. The maximum atomic E-state index is 12.9. The van der Waals surface area contributed by atoms with Gasteiger partial charge in [-0.2, -0.15) is 18.3 Å². The summed E-state index contributed by atoms with van der Waals surface area (Å²) in [7, 11) is 2.94. The highest BCUT2D eigenvalue weighted by Crippen LogP contribution is 2.42. The van der Waals surface area contributed by atoms with Crippen molar-refractivity contribution in [3.05, 3.63) is 35.7 Å². The number of hydrogen-bond donors (Lipinski definition) is 2. The van der Waals surface area contributed by atoms with Gasteiger partial charge in [0.1, 0.15) is 0 Å². The lowest BCUT2D eigenvalue weighted by atomic mass is 10.2. The molecule has 2 N–H and O–H groups in total. The number of ether oxygens (including phenoxy) is 2. The van der Waals surface area contributed by atoms with E-state index in [2.05, 4.69) is 15.7 Å². The number of carbonyl (C=O) groups excluding carboxylic acids is 1. The fourth-order valence-electron chi connectivity index (χ4n) is 2.88. The number of hydrogen-bond acceptors (Lipinski definition) is 4. The van der Waals surface area contributed by atoms with Gasteiger partial charge in [0.15, 0.2) is 17.2 Å². The molecule has 0 unspecified atom stereocenters. The Morgan fingerprint density at radius 1 is 1.29 bits per heavy atom. The zero-order chi connectivity index (χ0) is 20.3. The van der Waals surface area contributed by atoms with E-state index in [1.807, 2.05) is 0 Å². The van der Waals surface area contributed by atoms with Gasteiger partial charge in [-0.3, -0.25) is 4.68 Å². The average molecular weight is 398 g/mol. The highest BCUT2D eigenvalue weighted by atomic mass is 19.4. The van der Waals surface area contributed by atoms with Gasteiger partial charge in [-0.1, -0.05) is 6.07 Å². The van der Waals surface area contributed by atoms with Crippen molar-refractivity contribution in [1.29, 1.82) is 0 Å². The Hall–Kier alpha value is -2.91. The van der Waals surface area contributed by atoms with Gasteiger partial charge < -0.3 is 20.1 Å². The van der Waals surface area contributed by atoms with Crippen molar-refractivity contribution in [3.63, 3.8) is 0 Å². The van der Waals surface area contributed by atoms with Crippen molar-refractivity contribution in [2.75, 3.05) is 26.1 Å². The summed E-state index contributed by atoms with van der Waals surface area (Å²) < 4.78 is 50.5. The summed E-state index contributed by atoms with van der Waals surface area (Å²) >= 11 is 0. The Balaban J connectivity index is 1.60. The largest absolute Gasteiger partial charge is 0.493 e. The summed E-state index contributed by atoms with van der Waals surface area (Å²) in [5, 5.41) is 8.91. The minimum atomic E-state index is -4.48. The van der Waals surface area contributed by atoms with Crippen molar-refractivity contribution in [2.45, 2.75) is 31.5 Å². The Morgan fingerprint density at radius 3 is 2.64 bits per heavy atom. The van der Waals surface area contributed by atoms with Crippen LogP contribution in [0.25, 0.3) is 0 Å². The van der Waals surface area contributed by atoms with Crippen LogP contribution in [0.15, 0.2) is 24.3 Å². The molecule has 2 amide bonds. The summed E-state index contributed by atoms with van der Waals surface area (Å²) in [6.07, 6.45) is -2.78. The van der Waals surface area contributed by atoms with E-state index in [0.717, 1.165) is 18.9 Å². The van der Waals surface area contributed by atoms with Gasteiger partial charge in [-0.05, 0) is 31.0 Å². The molecule has 1 aromatic carbocycles. The van der Waals surface area contributed by atoms with Crippen LogP contribution in [0.4, 0.5) is 23.7 Å². The lowest BCUT2D eigenvalue weighted by Gasteiger charge is -2.14. The number of alkyl halides is 3. The highest BCUT2D eigenvalue weighted by Gasteiger charge is 2.37. The molecule has 1 saturated carbocycles. The number of amides is 2. The Kier molecular flexibility index (Phi) is 5.66. The quantitative estimate of drug-likeness (QED) is 0.747. The molecule has 1 aliphatic rings. The molecule has 1 aromatic heterocycles. The average Bonchev–Trinajstić information content (AvgIpc) is 3.40. The van der Waals surface area contributed by atoms with E-state index in [0.29, 0.717) is 22.9 Å². The second-order valence-electron chi connectivity index (χ2n) is 6.37. The van der Waals surface area contributed by atoms with Gasteiger partial charge in [0, 0.05) is 18.2 Å². The molecule has 0 aliphatic heterocycles. The molecule has 3 rings (SSSR count). The maximum absolute atomic E-state index is 12.9. The molecule has 0 atom stereocenters. The first-order chi connectivity index (χ1) is 13.3. The SMILES string of the molecule is COc1cccc(NC(=O)NCCn2nc(C(F)(F)F)cc2C2CC2)c1OC. The predicted molar refractivity (Wildman–Crippen MR) is 95.8 cm³/mol. The number of methoxy groups -OCH3 is 2. The third kappa shape index (κ3) is 4.49. The molecule has 0 saturated heterocycles. The molecule has 7 nitrogen and oxygen atoms in total. The van der Waals surface area contributed by atoms with Gasteiger partial charge in [0.2, 0.25) is 0 Å². The van der Waals surface area contributed by atoms with Crippen LogP contribution >= 0.6 is 0 Å². The Morgan fingerprint density at radius 2 is 2.04 bits per heavy atom. The van der Waals surface area contributed by atoms with Gasteiger partial charge in [0.05, 0.1) is 26.5 Å². The highest BCUT2D eigenvalue weighted by molar-refractivity contribution is 5.91. The molecule has 0 spiro atoms. The smallest absolute Gasteiger partial charge is 0.435 e. The Bertz CT molecular complexity index is 847. The lowest BCUT2D eigenvalue weighted by molar-refractivity contribution is -0.141. The number of aromatic nitrogens is 2. The van der Waals surface area contributed by atoms with E-state index >= 15 is 0 Å². The van der Waals surface area contributed by atoms with Crippen LogP contribution in [0.2, 0.25) is 0 Å². The second-order valence-corrected chi connectivity index (χ2v) is 6.37. The van der Waals surface area contributed by atoms with Gasteiger partial charge in [0.25, 0.3) is 0 Å². The van der Waals surface area contributed by atoms with Crippen LogP contribution in [0, 0.1) is 0 Å². The summed E-state index contributed by atoms with van der Waals surface area (Å²) in [4.78, 5) is 12.1. The molecule has 0 radical (unpaired) electrons. The third-order valence-corrected chi connectivity index (χ3v) is 4.36. The third-order valence-electron chi connectivity index (χ3n) is 4.36. The molecule has 10 heteroatoms. The summed E-state index contributed by atoms with van der Waals surface area (Å²) in [6, 6.07) is 5.62. The van der Waals surface area contributed by atoms with Crippen LogP contribution < -0.4 is 20.1 Å². The first-order valence-electron chi connectivity index (χ1n) is 8.74. The number of urea groups is 1. The number of halogens is 3. The summed E-state index contributed by atoms with van der Waals surface area (Å²) in [5.41, 5.74) is 0.0698. The van der Waals surface area contributed by atoms with Crippen molar-refractivity contribution < 1.29 is 27.4 Å². The molecule has 152 valence electrons. The molecule has 28 heavy (non-hydrogen) atoms. The zero-order valence-electron chi connectivity index (χ0n) is 15.5. The summed E-state index contributed by atoms with van der Waals surface area (Å²) in [5.74, 6) is 0.946. The van der Waals surface area contributed by atoms with Gasteiger partial charge >= 0.3 is 12.2 Å². The number of para-hydroxylation sites is 1. The lowest BCUT2D eigenvalue weighted by Crippen LogP contribution is -2.32. The standard InChI is InChI=1S/C18H21F3N4O3/c1-27-14-5-3-4-12(16(14)28-2)23-17(26)22-8-9-25-13(11-6-7-11)10-15(24-25)18(19,20)21/h3-5,10-11H,6-9H2,1-2H3,(H2,22,23,26). The maximum Gasteiger partial charge on any atom is 0.435 e. The fourth-order valence-corrected chi connectivity index (χ4v) is 2.88. The van der Waals surface area contributed by atoms with E-state index in [1.165, 1.54) is 18.9 Å². The monoisotopic (exact) mass is 398 g/mol. The molecule has 0 bridgehead atoms. The number of benzene rings is 1. The van der Waals surface area contributed by atoms with E-state index in [9.17, 15) is 18.0 Å². The molecule has 1 fully saturated rings. The van der Waals surface area contributed by atoms with Crippen LogP contribution in [-0.2, 0) is 12.7 Å². The van der Waals surface area contributed by atoms with Crippen LogP contribution in [0.3, 0.4) is 0 Å².